The van der Waals surface area contributed by atoms with Crippen molar-refractivity contribution in [1.29, 1.82) is 0 Å². The van der Waals surface area contributed by atoms with Crippen molar-refractivity contribution in [2.75, 3.05) is 7.05 Å². The highest BCUT2D eigenvalue weighted by Crippen LogP contribution is 2.36. The molecule has 1 rings (SSSR count). The lowest BCUT2D eigenvalue weighted by Gasteiger charge is -2.43. The number of hydrogen-bond acceptors (Lipinski definition) is 2. The van der Waals surface area contributed by atoms with Gasteiger partial charge in [-0.1, -0.05) is 25.2 Å². The van der Waals surface area contributed by atoms with E-state index in [0.29, 0.717) is 0 Å². The van der Waals surface area contributed by atoms with E-state index in [-0.39, 0.29) is 18.7 Å². The zero-order valence-electron chi connectivity index (χ0n) is 10.2. The van der Waals surface area contributed by atoms with E-state index >= 15 is 0 Å². The fraction of sp³-hybridized carbons (Fsp3) is 0.692. The molecule has 1 aliphatic rings. The standard InChI is InChI=1S/C13H19NO3/c1-3-7-11(15)14(2)13(10-12(16)17)8-5-4-6-9-13/h1H,4-10H2,2H3,(H,16,17). The molecule has 0 aromatic rings. The first kappa shape index (κ1) is 13.6. The summed E-state index contributed by atoms with van der Waals surface area (Å²) < 4.78 is 0. The van der Waals surface area contributed by atoms with Crippen molar-refractivity contribution in [1.82, 2.24) is 4.90 Å². The maximum absolute atomic E-state index is 11.8. The Bertz CT molecular complexity index is 337. The van der Waals surface area contributed by atoms with Crippen molar-refractivity contribution in [3.05, 3.63) is 0 Å². The predicted octanol–water partition coefficient (Wildman–Crippen LogP) is 1.65. The molecule has 1 amide bonds. The van der Waals surface area contributed by atoms with Gasteiger partial charge in [0, 0.05) is 7.05 Å². The summed E-state index contributed by atoms with van der Waals surface area (Å²) in [7, 11) is 1.67. The number of rotatable bonds is 4. The average Bonchev–Trinajstić information content (AvgIpc) is 2.28. The number of nitrogens with zero attached hydrogens (tertiary/aromatic N) is 1. The molecular weight excluding hydrogens is 218 g/mol. The number of carbonyl (C=O) groups excluding carboxylic acids is 1. The summed E-state index contributed by atoms with van der Waals surface area (Å²) in [4.78, 5) is 24.4. The minimum atomic E-state index is -0.854. The second kappa shape index (κ2) is 5.72. The van der Waals surface area contributed by atoms with Crippen LogP contribution in [0.3, 0.4) is 0 Å². The lowest BCUT2D eigenvalue weighted by atomic mass is 9.78. The Morgan fingerprint density at radius 3 is 2.41 bits per heavy atom. The van der Waals surface area contributed by atoms with Crippen molar-refractivity contribution >= 4 is 11.9 Å². The second-order valence-corrected chi connectivity index (χ2v) is 4.69. The van der Waals surface area contributed by atoms with Crippen LogP contribution in [0.15, 0.2) is 0 Å². The van der Waals surface area contributed by atoms with Gasteiger partial charge in [-0.05, 0) is 12.8 Å². The molecule has 1 N–H and O–H groups in total. The molecule has 0 atom stereocenters. The molecule has 0 radical (unpaired) electrons. The maximum atomic E-state index is 11.8. The summed E-state index contributed by atoms with van der Waals surface area (Å²) in [6.07, 6.45) is 9.75. The smallest absolute Gasteiger partial charge is 0.305 e. The van der Waals surface area contributed by atoms with Crippen molar-refractivity contribution in [2.45, 2.75) is 50.5 Å². The van der Waals surface area contributed by atoms with Crippen molar-refractivity contribution < 1.29 is 14.7 Å². The van der Waals surface area contributed by atoms with Gasteiger partial charge in [0.15, 0.2) is 0 Å². The lowest BCUT2D eigenvalue weighted by molar-refractivity contribution is -0.145. The van der Waals surface area contributed by atoms with Gasteiger partial charge in [0.1, 0.15) is 0 Å². The van der Waals surface area contributed by atoms with Crippen molar-refractivity contribution in [3.63, 3.8) is 0 Å². The van der Waals surface area contributed by atoms with E-state index < -0.39 is 11.5 Å². The molecule has 0 aromatic carbocycles. The van der Waals surface area contributed by atoms with Crippen LogP contribution in [0.5, 0.6) is 0 Å². The van der Waals surface area contributed by atoms with Crippen LogP contribution < -0.4 is 0 Å². The molecular formula is C13H19NO3. The van der Waals surface area contributed by atoms with E-state index in [1.807, 2.05) is 0 Å². The zero-order valence-corrected chi connectivity index (χ0v) is 10.2. The van der Waals surface area contributed by atoms with E-state index in [0.717, 1.165) is 32.1 Å². The summed E-state index contributed by atoms with van der Waals surface area (Å²) in [6, 6.07) is 0. The van der Waals surface area contributed by atoms with E-state index in [9.17, 15) is 9.59 Å². The van der Waals surface area contributed by atoms with Crippen LogP contribution in [-0.2, 0) is 9.59 Å². The molecule has 0 unspecified atom stereocenters. The largest absolute Gasteiger partial charge is 0.481 e. The van der Waals surface area contributed by atoms with E-state index in [2.05, 4.69) is 5.92 Å². The topological polar surface area (TPSA) is 57.6 Å². The third-order valence-corrected chi connectivity index (χ3v) is 3.60. The molecule has 1 fully saturated rings. The number of hydrogen-bond donors (Lipinski definition) is 1. The van der Waals surface area contributed by atoms with Crippen molar-refractivity contribution in [2.24, 2.45) is 0 Å². The number of carbonyl (C=O) groups is 2. The fourth-order valence-electron chi connectivity index (χ4n) is 2.59. The minimum Gasteiger partial charge on any atom is -0.481 e. The third-order valence-electron chi connectivity index (χ3n) is 3.60. The second-order valence-electron chi connectivity index (χ2n) is 4.69. The fourth-order valence-corrected chi connectivity index (χ4v) is 2.59. The number of amides is 1. The summed E-state index contributed by atoms with van der Waals surface area (Å²) >= 11 is 0. The molecule has 0 spiro atoms. The van der Waals surface area contributed by atoms with Gasteiger partial charge in [0.05, 0.1) is 18.4 Å². The molecule has 94 valence electrons. The van der Waals surface area contributed by atoms with Gasteiger partial charge >= 0.3 is 5.97 Å². The van der Waals surface area contributed by atoms with Crippen LogP contribution in [0.2, 0.25) is 0 Å². The van der Waals surface area contributed by atoms with E-state index in [1.54, 1.807) is 11.9 Å². The predicted molar refractivity (Wildman–Crippen MR) is 64.3 cm³/mol. The van der Waals surface area contributed by atoms with Gasteiger partial charge < -0.3 is 10.0 Å². The molecule has 0 heterocycles. The van der Waals surface area contributed by atoms with Gasteiger partial charge in [0.2, 0.25) is 5.91 Å². The molecule has 0 bridgehead atoms. The lowest BCUT2D eigenvalue weighted by Crippen LogP contribution is -2.52. The normalized spacial score (nSPS) is 18.1. The van der Waals surface area contributed by atoms with Crippen LogP contribution >= 0.6 is 0 Å². The Hall–Kier alpha value is -1.50. The van der Waals surface area contributed by atoms with Gasteiger partial charge in [-0.15, -0.1) is 6.42 Å². The number of carboxylic acids is 1. The quantitative estimate of drug-likeness (QED) is 0.756. The summed E-state index contributed by atoms with van der Waals surface area (Å²) in [6.45, 7) is 0. The van der Waals surface area contributed by atoms with Crippen LogP contribution in [-0.4, -0.2) is 34.5 Å². The van der Waals surface area contributed by atoms with Crippen molar-refractivity contribution in [3.8, 4) is 12.3 Å². The average molecular weight is 237 g/mol. The summed E-state index contributed by atoms with van der Waals surface area (Å²) in [5.74, 6) is 1.31. The molecule has 0 saturated heterocycles. The number of terminal acetylenes is 1. The highest BCUT2D eigenvalue weighted by atomic mass is 16.4. The van der Waals surface area contributed by atoms with Gasteiger partial charge in [0.25, 0.3) is 0 Å². The molecule has 4 nitrogen and oxygen atoms in total. The first-order valence-corrected chi connectivity index (χ1v) is 5.94. The SMILES string of the molecule is C#CCC(=O)N(C)C1(CC(=O)O)CCCCC1. The molecule has 1 saturated carbocycles. The van der Waals surface area contributed by atoms with E-state index in [4.69, 9.17) is 11.5 Å². The van der Waals surface area contributed by atoms with E-state index in [1.165, 1.54) is 0 Å². The first-order valence-electron chi connectivity index (χ1n) is 5.94. The Morgan fingerprint density at radius 1 is 1.35 bits per heavy atom. The summed E-state index contributed by atoms with van der Waals surface area (Å²) in [5, 5.41) is 9.01. The zero-order chi connectivity index (χ0) is 12.9. The highest BCUT2D eigenvalue weighted by molar-refractivity contribution is 5.80. The molecule has 0 aromatic heterocycles. The number of carboxylic acid groups (broad SMARTS) is 1. The molecule has 0 aliphatic heterocycles. The van der Waals surface area contributed by atoms with Crippen LogP contribution in [0, 0.1) is 12.3 Å². The summed E-state index contributed by atoms with van der Waals surface area (Å²) in [5.41, 5.74) is -0.530. The number of aliphatic carboxylic acids is 1. The Balaban J connectivity index is 2.85. The third kappa shape index (κ3) is 3.23. The monoisotopic (exact) mass is 237 g/mol. The van der Waals surface area contributed by atoms with Crippen LogP contribution in [0.4, 0.5) is 0 Å². The van der Waals surface area contributed by atoms with Gasteiger partial charge in [-0.25, -0.2) is 0 Å². The molecule has 17 heavy (non-hydrogen) atoms. The minimum absolute atomic E-state index is 0.0137. The van der Waals surface area contributed by atoms with Crippen LogP contribution in [0.25, 0.3) is 0 Å². The highest BCUT2D eigenvalue weighted by Gasteiger charge is 2.40. The first-order chi connectivity index (χ1) is 8.02. The molecule has 4 heteroatoms. The van der Waals surface area contributed by atoms with Gasteiger partial charge in [-0.3, -0.25) is 9.59 Å². The molecule has 1 aliphatic carbocycles. The Kier molecular flexibility index (Phi) is 4.56. The van der Waals surface area contributed by atoms with Crippen LogP contribution in [0.1, 0.15) is 44.9 Å². The maximum Gasteiger partial charge on any atom is 0.305 e. The Labute approximate surface area is 102 Å². The Morgan fingerprint density at radius 2 is 1.94 bits per heavy atom. The van der Waals surface area contributed by atoms with Gasteiger partial charge in [-0.2, -0.15) is 0 Å².